The molecule has 0 fully saturated rings. The predicted molar refractivity (Wildman–Crippen MR) is 86.8 cm³/mol. The van der Waals surface area contributed by atoms with Crippen LogP contribution < -0.4 is 10.5 Å². The van der Waals surface area contributed by atoms with Gasteiger partial charge in [-0.15, -0.1) is 0 Å². The van der Waals surface area contributed by atoms with E-state index in [0.717, 1.165) is 11.1 Å². The van der Waals surface area contributed by atoms with Crippen molar-refractivity contribution in [2.75, 3.05) is 4.72 Å². The Labute approximate surface area is 129 Å². The van der Waals surface area contributed by atoms with Crippen LogP contribution in [0, 0.1) is 13.8 Å². The predicted octanol–water partition coefficient (Wildman–Crippen LogP) is 2.13. The lowest BCUT2D eigenvalue weighted by Crippen LogP contribution is -2.21. The molecular formula is C14H15N3O2S2. The number of benzene rings is 1. The Morgan fingerprint density at radius 1 is 1.29 bits per heavy atom. The van der Waals surface area contributed by atoms with Crippen molar-refractivity contribution in [3.05, 3.63) is 53.3 Å². The van der Waals surface area contributed by atoms with Gasteiger partial charge in [-0.3, -0.25) is 9.71 Å². The normalized spacial score (nSPS) is 11.1. The fourth-order valence-corrected chi connectivity index (χ4v) is 3.45. The largest absolute Gasteiger partial charge is 0.388 e. The summed E-state index contributed by atoms with van der Waals surface area (Å²) in [6.07, 6.45) is 1.45. The van der Waals surface area contributed by atoms with Crippen LogP contribution in [-0.2, 0) is 10.0 Å². The molecule has 0 unspecified atom stereocenters. The van der Waals surface area contributed by atoms with Gasteiger partial charge in [0.1, 0.15) is 15.6 Å². The molecule has 0 saturated heterocycles. The van der Waals surface area contributed by atoms with Gasteiger partial charge in [-0.05, 0) is 37.6 Å². The third kappa shape index (κ3) is 3.37. The maximum atomic E-state index is 12.5. The summed E-state index contributed by atoms with van der Waals surface area (Å²) in [4.78, 5) is 3.85. The molecule has 2 rings (SSSR count). The minimum absolute atomic E-state index is 0.0301. The molecule has 110 valence electrons. The lowest BCUT2D eigenvalue weighted by molar-refractivity contribution is 0.600. The number of sulfonamides is 1. The number of anilines is 1. The molecule has 2 aromatic rings. The van der Waals surface area contributed by atoms with E-state index in [-0.39, 0.29) is 15.6 Å². The Morgan fingerprint density at radius 3 is 2.62 bits per heavy atom. The van der Waals surface area contributed by atoms with Crippen LogP contribution in [0.2, 0.25) is 0 Å². The molecule has 0 aliphatic rings. The first-order valence-corrected chi connectivity index (χ1v) is 8.05. The molecule has 1 heterocycles. The fourth-order valence-electron chi connectivity index (χ4n) is 1.92. The van der Waals surface area contributed by atoms with Gasteiger partial charge in [0.2, 0.25) is 0 Å². The molecule has 0 saturated carbocycles. The molecule has 0 aliphatic carbocycles. The second kappa shape index (κ2) is 5.79. The standard InChI is InChI=1S/C14H15N3O2S2/c1-9-5-6-11(10(2)8-9)17-21(18,19)12-4-3-7-16-13(12)14(15)20/h3-8,17H,1-2H3,(H2,15,20). The maximum absolute atomic E-state index is 12.5. The quantitative estimate of drug-likeness (QED) is 0.843. The molecule has 0 amide bonds. The lowest BCUT2D eigenvalue weighted by Gasteiger charge is -2.13. The number of aryl methyl sites for hydroxylation is 2. The number of aromatic nitrogens is 1. The summed E-state index contributed by atoms with van der Waals surface area (Å²) in [5, 5.41) is 0. The topological polar surface area (TPSA) is 85.1 Å². The Balaban J connectivity index is 2.46. The summed E-state index contributed by atoms with van der Waals surface area (Å²) in [7, 11) is -3.80. The van der Waals surface area contributed by atoms with Crippen molar-refractivity contribution in [1.29, 1.82) is 0 Å². The number of hydrogen-bond donors (Lipinski definition) is 2. The van der Waals surface area contributed by atoms with E-state index in [1.165, 1.54) is 18.3 Å². The SMILES string of the molecule is Cc1ccc(NS(=O)(=O)c2cccnc2C(N)=S)c(C)c1. The summed E-state index contributed by atoms with van der Waals surface area (Å²) >= 11 is 4.85. The molecule has 0 atom stereocenters. The zero-order valence-corrected chi connectivity index (χ0v) is 13.3. The van der Waals surface area contributed by atoms with Gasteiger partial charge >= 0.3 is 0 Å². The third-order valence-electron chi connectivity index (χ3n) is 2.92. The van der Waals surface area contributed by atoms with Crippen molar-refractivity contribution in [3.8, 4) is 0 Å². The number of thiocarbonyl (C=S) groups is 1. The Hall–Kier alpha value is -1.99. The summed E-state index contributed by atoms with van der Waals surface area (Å²) in [5.74, 6) is 0. The number of nitrogens with zero attached hydrogens (tertiary/aromatic N) is 1. The molecule has 3 N–H and O–H groups in total. The van der Waals surface area contributed by atoms with E-state index in [4.69, 9.17) is 18.0 Å². The van der Waals surface area contributed by atoms with Crippen LogP contribution in [0.15, 0.2) is 41.4 Å². The number of rotatable bonds is 4. The van der Waals surface area contributed by atoms with Gasteiger partial charge in [-0.1, -0.05) is 29.9 Å². The van der Waals surface area contributed by atoms with Crippen LogP contribution in [-0.4, -0.2) is 18.4 Å². The van der Waals surface area contributed by atoms with Crippen LogP contribution in [0.25, 0.3) is 0 Å². The Morgan fingerprint density at radius 2 is 2.00 bits per heavy atom. The Kier molecular flexibility index (Phi) is 4.24. The van der Waals surface area contributed by atoms with Crippen molar-refractivity contribution >= 4 is 32.9 Å². The molecule has 0 aliphatic heterocycles. The molecule has 21 heavy (non-hydrogen) atoms. The number of pyridine rings is 1. The van der Waals surface area contributed by atoms with Crippen molar-refractivity contribution in [2.24, 2.45) is 5.73 Å². The number of nitrogens with one attached hydrogen (secondary N) is 1. The molecule has 1 aromatic heterocycles. The highest BCUT2D eigenvalue weighted by Crippen LogP contribution is 2.22. The van der Waals surface area contributed by atoms with E-state index in [9.17, 15) is 8.42 Å². The van der Waals surface area contributed by atoms with Crippen LogP contribution in [0.5, 0.6) is 0 Å². The fraction of sp³-hybridized carbons (Fsp3) is 0.143. The lowest BCUT2D eigenvalue weighted by atomic mass is 10.1. The monoisotopic (exact) mass is 321 g/mol. The van der Waals surface area contributed by atoms with Gasteiger partial charge < -0.3 is 5.73 Å². The van der Waals surface area contributed by atoms with Crippen LogP contribution >= 0.6 is 12.2 Å². The van der Waals surface area contributed by atoms with Gasteiger partial charge in [0.25, 0.3) is 10.0 Å². The minimum Gasteiger partial charge on any atom is -0.388 e. The molecule has 0 bridgehead atoms. The van der Waals surface area contributed by atoms with Gasteiger partial charge in [0, 0.05) is 6.20 Å². The second-order valence-corrected chi connectivity index (χ2v) is 6.73. The highest BCUT2D eigenvalue weighted by Gasteiger charge is 2.21. The van der Waals surface area contributed by atoms with E-state index >= 15 is 0 Å². The smallest absolute Gasteiger partial charge is 0.264 e. The molecule has 1 aromatic carbocycles. The highest BCUT2D eigenvalue weighted by atomic mass is 32.2. The first-order chi connectivity index (χ1) is 9.81. The average Bonchev–Trinajstić information content (AvgIpc) is 2.42. The summed E-state index contributed by atoms with van der Waals surface area (Å²) in [6, 6.07) is 8.41. The molecule has 0 radical (unpaired) electrons. The van der Waals surface area contributed by atoms with Crippen LogP contribution in [0.4, 0.5) is 5.69 Å². The zero-order chi connectivity index (χ0) is 15.6. The van der Waals surface area contributed by atoms with Crippen LogP contribution in [0.3, 0.4) is 0 Å². The summed E-state index contributed by atoms with van der Waals surface area (Å²) < 4.78 is 27.5. The molecular weight excluding hydrogens is 306 g/mol. The third-order valence-corrected chi connectivity index (χ3v) is 4.51. The van der Waals surface area contributed by atoms with Crippen molar-refractivity contribution < 1.29 is 8.42 Å². The van der Waals surface area contributed by atoms with E-state index in [0.29, 0.717) is 5.69 Å². The Bertz CT molecular complexity index is 802. The minimum atomic E-state index is -3.80. The van der Waals surface area contributed by atoms with E-state index in [1.807, 2.05) is 26.0 Å². The van der Waals surface area contributed by atoms with Crippen LogP contribution in [0.1, 0.15) is 16.8 Å². The van der Waals surface area contributed by atoms with E-state index in [2.05, 4.69) is 9.71 Å². The molecule has 0 spiro atoms. The van der Waals surface area contributed by atoms with Gasteiger partial charge in [-0.25, -0.2) is 8.42 Å². The van der Waals surface area contributed by atoms with Gasteiger partial charge in [-0.2, -0.15) is 0 Å². The number of hydrogen-bond acceptors (Lipinski definition) is 4. The second-order valence-electron chi connectivity index (χ2n) is 4.64. The number of nitrogens with two attached hydrogens (primary N) is 1. The van der Waals surface area contributed by atoms with Gasteiger partial charge in [0.05, 0.1) is 5.69 Å². The summed E-state index contributed by atoms with van der Waals surface area (Å²) in [6.45, 7) is 3.78. The summed E-state index contributed by atoms with van der Waals surface area (Å²) in [5.41, 5.74) is 8.02. The first-order valence-electron chi connectivity index (χ1n) is 6.16. The van der Waals surface area contributed by atoms with E-state index < -0.39 is 10.0 Å². The first kappa shape index (κ1) is 15.4. The molecule has 5 nitrogen and oxygen atoms in total. The van der Waals surface area contributed by atoms with Crippen molar-refractivity contribution in [2.45, 2.75) is 18.7 Å². The van der Waals surface area contributed by atoms with E-state index in [1.54, 1.807) is 6.07 Å². The molecule has 7 heteroatoms. The van der Waals surface area contributed by atoms with Crippen molar-refractivity contribution in [3.63, 3.8) is 0 Å². The maximum Gasteiger partial charge on any atom is 0.264 e. The van der Waals surface area contributed by atoms with Gasteiger partial charge in [0.15, 0.2) is 0 Å². The highest BCUT2D eigenvalue weighted by molar-refractivity contribution is 7.93. The zero-order valence-electron chi connectivity index (χ0n) is 11.6. The average molecular weight is 321 g/mol. The van der Waals surface area contributed by atoms with Crippen molar-refractivity contribution in [1.82, 2.24) is 4.98 Å².